The topological polar surface area (TPSA) is 52.3 Å². The molecule has 0 rings (SSSR count). The third kappa shape index (κ3) is 13.1. The summed E-state index contributed by atoms with van der Waals surface area (Å²) in [6, 6.07) is 0. The first-order valence-electron chi connectivity index (χ1n) is 6.78. The van der Waals surface area contributed by atoms with Gasteiger partial charge in [-0.05, 0) is 19.4 Å². The molecule has 3 nitrogen and oxygen atoms in total. The van der Waals surface area contributed by atoms with Gasteiger partial charge in [0.05, 0.1) is 0 Å². The SMILES string of the molecule is C=CCOC(=O)CCCCCCCCCCN. The van der Waals surface area contributed by atoms with Crippen LogP contribution in [0.2, 0.25) is 0 Å². The fraction of sp³-hybridized carbons (Fsp3) is 0.786. The van der Waals surface area contributed by atoms with Crippen LogP contribution in [0, 0.1) is 0 Å². The van der Waals surface area contributed by atoms with Gasteiger partial charge in [-0.3, -0.25) is 4.79 Å². The van der Waals surface area contributed by atoms with Gasteiger partial charge in [-0.2, -0.15) is 0 Å². The standard InChI is InChI=1S/C14H27NO2/c1-2-13-17-14(16)11-9-7-5-3-4-6-8-10-12-15/h2H,1,3-13,15H2. The highest BCUT2D eigenvalue weighted by atomic mass is 16.5. The van der Waals surface area contributed by atoms with Crippen molar-refractivity contribution in [3.63, 3.8) is 0 Å². The van der Waals surface area contributed by atoms with Crippen LogP contribution in [0.3, 0.4) is 0 Å². The summed E-state index contributed by atoms with van der Waals surface area (Å²) in [7, 11) is 0. The molecular weight excluding hydrogens is 214 g/mol. The lowest BCUT2D eigenvalue weighted by molar-refractivity contribution is -0.142. The number of nitrogens with two attached hydrogens (primary N) is 1. The van der Waals surface area contributed by atoms with Gasteiger partial charge in [-0.15, -0.1) is 0 Å². The Labute approximate surface area is 105 Å². The lowest BCUT2D eigenvalue weighted by atomic mass is 10.1. The van der Waals surface area contributed by atoms with Crippen LogP contribution in [-0.2, 0) is 9.53 Å². The van der Waals surface area contributed by atoms with E-state index in [4.69, 9.17) is 10.5 Å². The summed E-state index contributed by atoms with van der Waals surface area (Å²) in [5, 5.41) is 0. The molecule has 0 heterocycles. The van der Waals surface area contributed by atoms with Crippen molar-refractivity contribution in [1.82, 2.24) is 0 Å². The fourth-order valence-electron chi connectivity index (χ4n) is 1.70. The first kappa shape index (κ1) is 16.2. The molecule has 0 spiro atoms. The number of rotatable bonds is 12. The van der Waals surface area contributed by atoms with Crippen LogP contribution in [-0.4, -0.2) is 19.1 Å². The minimum Gasteiger partial charge on any atom is -0.461 e. The number of hydrogen-bond acceptors (Lipinski definition) is 3. The average Bonchev–Trinajstić information content (AvgIpc) is 2.34. The van der Waals surface area contributed by atoms with E-state index in [9.17, 15) is 4.79 Å². The van der Waals surface area contributed by atoms with Crippen LogP contribution in [0.4, 0.5) is 0 Å². The number of carbonyl (C=O) groups is 1. The molecule has 100 valence electrons. The van der Waals surface area contributed by atoms with Gasteiger partial charge < -0.3 is 10.5 Å². The normalized spacial score (nSPS) is 10.2. The molecule has 0 radical (unpaired) electrons. The van der Waals surface area contributed by atoms with E-state index < -0.39 is 0 Å². The number of esters is 1. The summed E-state index contributed by atoms with van der Waals surface area (Å²) in [5.74, 6) is -0.104. The maximum absolute atomic E-state index is 11.1. The summed E-state index contributed by atoms with van der Waals surface area (Å²) >= 11 is 0. The van der Waals surface area contributed by atoms with Crippen molar-refractivity contribution in [2.45, 2.75) is 57.8 Å². The highest BCUT2D eigenvalue weighted by molar-refractivity contribution is 5.69. The first-order valence-corrected chi connectivity index (χ1v) is 6.78. The van der Waals surface area contributed by atoms with Gasteiger partial charge >= 0.3 is 5.97 Å². The first-order chi connectivity index (χ1) is 8.31. The Morgan fingerprint density at radius 2 is 1.53 bits per heavy atom. The number of hydrogen-bond donors (Lipinski definition) is 1. The van der Waals surface area contributed by atoms with Crippen molar-refractivity contribution in [2.75, 3.05) is 13.2 Å². The van der Waals surface area contributed by atoms with Gasteiger partial charge in [0.2, 0.25) is 0 Å². The molecule has 0 saturated carbocycles. The van der Waals surface area contributed by atoms with E-state index in [0.717, 1.165) is 25.8 Å². The molecule has 0 saturated heterocycles. The summed E-state index contributed by atoms with van der Waals surface area (Å²) in [4.78, 5) is 11.1. The van der Waals surface area contributed by atoms with Gasteiger partial charge in [-0.1, -0.05) is 51.2 Å². The number of ether oxygens (including phenoxy) is 1. The minimum absolute atomic E-state index is 0.104. The Bertz CT molecular complexity index is 193. The second kappa shape index (κ2) is 13.2. The van der Waals surface area contributed by atoms with Gasteiger partial charge in [0.1, 0.15) is 6.61 Å². The molecule has 0 aliphatic rings. The monoisotopic (exact) mass is 241 g/mol. The molecule has 0 aliphatic heterocycles. The maximum Gasteiger partial charge on any atom is 0.306 e. The van der Waals surface area contributed by atoms with Gasteiger partial charge in [0.15, 0.2) is 0 Å². The van der Waals surface area contributed by atoms with E-state index in [2.05, 4.69) is 6.58 Å². The molecule has 0 fully saturated rings. The lowest BCUT2D eigenvalue weighted by Gasteiger charge is -2.02. The van der Waals surface area contributed by atoms with E-state index in [0.29, 0.717) is 13.0 Å². The lowest BCUT2D eigenvalue weighted by Crippen LogP contribution is -2.03. The quantitative estimate of drug-likeness (QED) is 0.324. The van der Waals surface area contributed by atoms with E-state index in [-0.39, 0.29) is 5.97 Å². The second-order valence-corrected chi connectivity index (χ2v) is 4.34. The van der Waals surface area contributed by atoms with Gasteiger partial charge in [-0.25, -0.2) is 0 Å². The molecule has 0 aromatic carbocycles. The highest BCUT2D eigenvalue weighted by Gasteiger charge is 2.00. The molecule has 0 atom stereocenters. The molecule has 17 heavy (non-hydrogen) atoms. The number of carbonyl (C=O) groups excluding carboxylic acids is 1. The van der Waals surface area contributed by atoms with Crippen molar-refractivity contribution >= 4 is 5.97 Å². The predicted molar refractivity (Wildman–Crippen MR) is 71.8 cm³/mol. The van der Waals surface area contributed by atoms with Crippen molar-refractivity contribution < 1.29 is 9.53 Å². The van der Waals surface area contributed by atoms with E-state index in [1.165, 1.54) is 32.1 Å². The van der Waals surface area contributed by atoms with Crippen molar-refractivity contribution in [2.24, 2.45) is 5.73 Å². The zero-order chi connectivity index (χ0) is 12.8. The molecule has 0 aliphatic carbocycles. The Hall–Kier alpha value is -0.830. The minimum atomic E-state index is -0.104. The Morgan fingerprint density at radius 3 is 2.06 bits per heavy atom. The van der Waals surface area contributed by atoms with E-state index in [1.54, 1.807) is 6.08 Å². The summed E-state index contributed by atoms with van der Waals surface area (Å²) in [6.07, 6.45) is 11.7. The zero-order valence-corrected chi connectivity index (χ0v) is 11.0. The van der Waals surface area contributed by atoms with Crippen LogP contribution in [0.5, 0.6) is 0 Å². The van der Waals surface area contributed by atoms with Crippen molar-refractivity contribution in [3.8, 4) is 0 Å². The average molecular weight is 241 g/mol. The van der Waals surface area contributed by atoms with E-state index in [1.807, 2.05) is 0 Å². The Kier molecular flexibility index (Phi) is 12.6. The maximum atomic E-state index is 11.1. The van der Waals surface area contributed by atoms with Crippen molar-refractivity contribution in [1.29, 1.82) is 0 Å². The van der Waals surface area contributed by atoms with Crippen LogP contribution in [0.15, 0.2) is 12.7 Å². The molecule has 0 amide bonds. The molecule has 2 N–H and O–H groups in total. The Morgan fingerprint density at radius 1 is 1.00 bits per heavy atom. The third-order valence-corrected chi connectivity index (χ3v) is 2.70. The molecule has 0 aromatic heterocycles. The summed E-state index contributed by atoms with van der Waals surface area (Å²) in [6.45, 7) is 4.64. The Balaban J connectivity index is 3.07. The smallest absolute Gasteiger partial charge is 0.306 e. The van der Waals surface area contributed by atoms with E-state index >= 15 is 0 Å². The molecule has 3 heteroatoms. The van der Waals surface area contributed by atoms with Crippen LogP contribution in [0.1, 0.15) is 57.8 Å². The fourth-order valence-corrected chi connectivity index (χ4v) is 1.70. The summed E-state index contributed by atoms with van der Waals surface area (Å²) in [5.41, 5.74) is 5.42. The highest BCUT2D eigenvalue weighted by Crippen LogP contribution is 2.09. The molecule has 0 unspecified atom stereocenters. The van der Waals surface area contributed by atoms with Gasteiger partial charge in [0, 0.05) is 6.42 Å². The van der Waals surface area contributed by atoms with Crippen LogP contribution in [0.25, 0.3) is 0 Å². The number of unbranched alkanes of at least 4 members (excludes halogenated alkanes) is 7. The van der Waals surface area contributed by atoms with Crippen molar-refractivity contribution in [3.05, 3.63) is 12.7 Å². The largest absolute Gasteiger partial charge is 0.461 e. The molecular formula is C14H27NO2. The second-order valence-electron chi connectivity index (χ2n) is 4.34. The van der Waals surface area contributed by atoms with Crippen LogP contribution < -0.4 is 5.73 Å². The third-order valence-electron chi connectivity index (χ3n) is 2.70. The van der Waals surface area contributed by atoms with Gasteiger partial charge in [0.25, 0.3) is 0 Å². The zero-order valence-electron chi connectivity index (χ0n) is 11.0. The molecule has 0 bridgehead atoms. The molecule has 0 aromatic rings. The van der Waals surface area contributed by atoms with Crippen LogP contribution >= 0.6 is 0 Å². The summed E-state index contributed by atoms with van der Waals surface area (Å²) < 4.78 is 4.89. The predicted octanol–water partition coefficient (Wildman–Crippen LogP) is 3.19.